The van der Waals surface area contributed by atoms with Gasteiger partial charge < -0.3 is 9.64 Å². The summed E-state index contributed by atoms with van der Waals surface area (Å²) in [6.07, 6.45) is 2.84. The van der Waals surface area contributed by atoms with Crippen LogP contribution in [-0.2, 0) is 14.3 Å². The molecule has 28 heavy (non-hydrogen) atoms. The van der Waals surface area contributed by atoms with Gasteiger partial charge in [0.15, 0.2) is 5.70 Å². The molecule has 0 aromatic heterocycles. The smallest absolute Gasteiger partial charge is 0.363 e. The van der Waals surface area contributed by atoms with Crippen LogP contribution in [0.15, 0.2) is 59.2 Å². The zero-order valence-corrected chi connectivity index (χ0v) is 14.7. The van der Waals surface area contributed by atoms with Crippen molar-refractivity contribution in [3.8, 4) is 0 Å². The third-order valence-electron chi connectivity index (χ3n) is 4.50. The minimum atomic E-state index is -0.625. The lowest BCUT2D eigenvalue weighted by atomic mass is 10.1. The van der Waals surface area contributed by atoms with Gasteiger partial charge in [0.2, 0.25) is 11.8 Å². The van der Waals surface area contributed by atoms with Gasteiger partial charge in [-0.25, -0.2) is 9.79 Å². The van der Waals surface area contributed by atoms with E-state index in [1.165, 1.54) is 24.3 Å². The van der Waals surface area contributed by atoms with Gasteiger partial charge in [0.05, 0.1) is 4.92 Å². The maximum absolute atomic E-state index is 12.1. The van der Waals surface area contributed by atoms with Gasteiger partial charge in [0.25, 0.3) is 5.69 Å². The van der Waals surface area contributed by atoms with Crippen LogP contribution in [0.25, 0.3) is 6.08 Å². The number of hydrogen-bond acceptors (Lipinski definition) is 6. The third kappa shape index (κ3) is 3.39. The maximum Gasteiger partial charge on any atom is 0.363 e. The lowest BCUT2D eigenvalue weighted by Gasteiger charge is -2.15. The van der Waals surface area contributed by atoms with Gasteiger partial charge in [-0.05, 0) is 42.3 Å². The number of esters is 1. The number of anilines is 1. The van der Waals surface area contributed by atoms with Gasteiger partial charge in [0.1, 0.15) is 0 Å². The molecular weight excluding hydrogens is 362 g/mol. The number of carbonyl (C=O) groups excluding carboxylic acids is 2. The highest BCUT2D eigenvalue weighted by Crippen LogP contribution is 2.24. The predicted octanol–water partition coefficient (Wildman–Crippen LogP) is 3.07. The topological polar surface area (TPSA) is 102 Å². The first-order chi connectivity index (χ1) is 13.5. The molecule has 0 N–H and O–H groups in total. The number of non-ortho nitro benzene ring substituents is 1. The second kappa shape index (κ2) is 7.07. The van der Waals surface area contributed by atoms with E-state index >= 15 is 0 Å². The van der Waals surface area contributed by atoms with Crippen molar-refractivity contribution in [2.24, 2.45) is 4.99 Å². The first kappa shape index (κ1) is 17.6. The molecule has 0 radical (unpaired) electrons. The molecule has 0 aliphatic carbocycles. The number of cyclic esters (lactones) is 1. The van der Waals surface area contributed by atoms with Crippen LogP contribution >= 0.6 is 0 Å². The fraction of sp³-hybridized carbons (Fsp3) is 0.150. The molecule has 0 atom stereocenters. The zero-order chi connectivity index (χ0) is 19.7. The number of hydrogen-bond donors (Lipinski definition) is 0. The van der Waals surface area contributed by atoms with Crippen molar-refractivity contribution in [3.63, 3.8) is 0 Å². The number of nitrogens with zero attached hydrogens (tertiary/aromatic N) is 3. The minimum absolute atomic E-state index is 0.0642. The van der Waals surface area contributed by atoms with E-state index in [1.807, 2.05) is 0 Å². The Bertz CT molecular complexity index is 1040. The lowest BCUT2D eigenvalue weighted by Crippen LogP contribution is -2.23. The summed E-state index contributed by atoms with van der Waals surface area (Å²) in [5, 5.41) is 10.9. The van der Waals surface area contributed by atoms with Gasteiger partial charge in [-0.1, -0.05) is 12.1 Å². The summed E-state index contributed by atoms with van der Waals surface area (Å²) in [5.41, 5.74) is 1.87. The van der Waals surface area contributed by atoms with E-state index in [1.54, 1.807) is 35.2 Å². The number of nitro groups is 1. The molecular formula is C20H15N3O5. The maximum atomic E-state index is 12.1. The quantitative estimate of drug-likeness (QED) is 0.353. The minimum Gasteiger partial charge on any atom is -0.402 e. The molecule has 140 valence electrons. The third-order valence-corrected chi connectivity index (χ3v) is 4.50. The van der Waals surface area contributed by atoms with Crippen LogP contribution in [0.4, 0.5) is 11.4 Å². The number of ether oxygens (including phenoxy) is 1. The molecule has 0 bridgehead atoms. The Balaban J connectivity index is 1.58. The highest BCUT2D eigenvalue weighted by Gasteiger charge is 2.25. The van der Waals surface area contributed by atoms with Gasteiger partial charge >= 0.3 is 5.97 Å². The van der Waals surface area contributed by atoms with E-state index in [4.69, 9.17) is 4.74 Å². The number of carbonyl (C=O) groups is 2. The molecule has 2 aliphatic heterocycles. The molecule has 2 aliphatic rings. The summed E-state index contributed by atoms with van der Waals surface area (Å²) in [6.45, 7) is 0.699. The fourth-order valence-corrected chi connectivity index (χ4v) is 3.12. The summed E-state index contributed by atoms with van der Waals surface area (Å²) in [7, 11) is 0. The molecule has 0 spiro atoms. The molecule has 1 amide bonds. The van der Waals surface area contributed by atoms with Crippen molar-refractivity contribution < 1.29 is 19.2 Å². The number of rotatable bonds is 4. The number of amides is 1. The Labute approximate surface area is 159 Å². The van der Waals surface area contributed by atoms with E-state index in [-0.39, 0.29) is 23.2 Å². The van der Waals surface area contributed by atoms with E-state index in [2.05, 4.69) is 4.99 Å². The summed E-state index contributed by atoms with van der Waals surface area (Å²) in [5.74, 6) is -0.374. The van der Waals surface area contributed by atoms with Crippen molar-refractivity contribution in [1.82, 2.24) is 0 Å². The standard InChI is InChI=1S/C20H15N3O5/c24-18-5-2-10-22(18)15-8-6-14(7-9-15)19-21-17(20(25)28-19)12-13-3-1-4-16(11-13)23(26)27/h1,3-4,6-9,11-12H,2,5,10H2/b17-12-. The van der Waals surface area contributed by atoms with Crippen molar-refractivity contribution in [1.29, 1.82) is 0 Å². The average molecular weight is 377 g/mol. The second-order valence-electron chi connectivity index (χ2n) is 6.38. The number of nitro benzene ring substituents is 1. The molecule has 1 fully saturated rings. The average Bonchev–Trinajstić information content (AvgIpc) is 3.28. The van der Waals surface area contributed by atoms with E-state index in [0.717, 1.165) is 12.1 Å². The van der Waals surface area contributed by atoms with Crippen LogP contribution in [0.5, 0.6) is 0 Å². The van der Waals surface area contributed by atoms with Crippen molar-refractivity contribution in [3.05, 3.63) is 75.5 Å². The van der Waals surface area contributed by atoms with Crippen molar-refractivity contribution in [2.75, 3.05) is 11.4 Å². The molecule has 2 aromatic rings. The molecule has 0 saturated carbocycles. The van der Waals surface area contributed by atoms with E-state index in [9.17, 15) is 19.7 Å². The monoisotopic (exact) mass is 377 g/mol. The highest BCUT2D eigenvalue weighted by atomic mass is 16.6. The Morgan fingerprint density at radius 2 is 1.93 bits per heavy atom. The Kier molecular flexibility index (Phi) is 4.44. The first-order valence-corrected chi connectivity index (χ1v) is 8.69. The fourth-order valence-electron chi connectivity index (χ4n) is 3.12. The molecule has 2 heterocycles. The van der Waals surface area contributed by atoms with Gasteiger partial charge in [0, 0.05) is 36.3 Å². The largest absolute Gasteiger partial charge is 0.402 e. The van der Waals surface area contributed by atoms with Crippen LogP contribution < -0.4 is 4.90 Å². The Hall–Kier alpha value is -3.81. The molecule has 8 nitrogen and oxygen atoms in total. The van der Waals surface area contributed by atoms with Gasteiger partial charge in [-0.15, -0.1) is 0 Å². The van der Waals surface area contributed by atoms with Crippen LogP contribution in [-0.4, -0.2) is 29.2 Å². The number of benzene rings is 2. The van der Waals surface area contributed by atoms with E-state index in [0.29, 0.717) is 24.1 Å². The number of aliphatic imine (C=N–C) groups is 1. The van der Waals surface area contributed by atoms with Crippen LogP contribution in [0, 0.1) is 10.1 Å². The molecule has 1 saturated heterocycles. The van der Waals surface area contributed by atoms with Crippen molar-refractivity contribution in [2.45, 2.75) is 12.8 Å². The molecule has 4 rings (SSSR count). The Morgan fingerprint density at radius 1 is 1.14 bits per heavy atom. The first-order valence-electron chi connectivity index (χ1n) is 8.69. The molecule has 8 heteroatoms. The van der Waals surface area contributed by atoms with Gasteiger partial charge in [-0.2, -0.15) is 0 Å². The van der Waals surface area contributed by atoms with E-state index < -0.39 is 10.9 Å². The molecule has 2 aromatic carbocycles. The second-order valence-corrected chi connectivity index (χ2v) is 6.38. The van der Waals surface area contributed by atoms with Crippen LogP contribution in [0.1, 0.15) is 24.0 Å². The Morgan fingerprint density at radius 3 is 2.61 bits per heavy atom. The lowest BCUT2D eigenvalue weighted by molar-refractivity contribution is -0.384. The SMILES string of the molecule is O=C1OC(c2ccc(N3CCCC3=O)cc2)=N/C1=C\c1cccc([N+](=O)[O-])c1. The normalized spacial score (nSPS) is 17.8. The summed E-state index contributed by atoms with van der Waals surface area (Å²) < 4.78 is 5.22. The van der Waals surface area contributed by atoms with Crippen LogP contribution in [0.3, 0.4) is 0 Å². The highest BCUT2D eigenvalue weighted by molar-refractivity contribution is 6.13. The summed E-state index contributed by atoms with van der Waals surface area (Å²) in [6, 6.07) is 13.0. The van der Waals surface area contributed by atoms with Gasteiger partial charge in [-0.3, -0.25) is 14.9 Å². The predicted molar refractivity (Wildman–Crippen MR) is 102 cm³/mol. The summed E-state index contributed by atoms with van der Waals surface area (Å²) in [4.78, 5) is 40.2. The zero-order valence-electron chi connectivity index (χ0n) is 14.7. The van der Waals surface area contributed by atoms with Crippen LogP contribution in [0.2, 0.25) is 0 Å². The van der Waals surface area contributed by atoms with Crippen molar-refractivity contribution >= 4 is 35.2 Å². The molecule has 0 unspecified atom stereocenters. The summed E-state index contributed by atoms with van der Waals surface area (Å²) >= 11 is 0.